The van der Waals surface area contributed by atoms with E-state index < -0.39 is 0 Å². The number of hydrogen-bond acceptors (Lipinski definition) is 2. The Morgan fingerprint density at radius 2 is 2.00 bits per heavy atom. The number of para-hydroxylation sites is 1. The molecule has 3 heterocycles. The minimum atomic E-state index is 0.0925. The molecule has 0 saturated heterocycles. The lowest BCUT2D eigenvalue weighted by atomic mass is 9.96. The number of aromatic nitrogens is 3. The molecule has 0 aliphatic heterocycles. The van der Waals surface area contributed by atoms with Crippen molar-refractivity contribution in [1.29, 1.82) is 0 Å². The lowest BCUT2D eigenvalue weighted by Crippen LogP contribution is -2.44. The van der Waals surface area contributed by atoms with Gasteiger partial charge in [0.2, 0.25) is 0 Å². The van der Waals surface area contributed by atoms with Gasteiger partial charge in [-0.15, -0.1) is 0 Å². The smallest absolute Gasteiger partial charge is 0.298 e. The van der Waals surface area contributed by atoms with Gasteiger partial charge in [0.05, 0.1) is 0 Å². The van der Waals surface area contributed by atoms with Gasteiger partial charge >= 0.3 is 0 Å². The van der Waals surface area contributed by atoms with Gasteiger partial charge in [0.25, 0.3) is 5.65 Å². The SMILES string of the molecule is C=Cc1c(/C(O)=C\C)c2n(cc[n+]2C2(C)CC2)c2c(-c3ccncc3)cccc12. The quantitative estimate of drug-likeness (QED) is 0.373. The molecule has 1 fully saturated rings. The molecule has 5 rings (SSSR count). The molecule has 144 valence electrons. The van der Waals surface area contributed by atoms with Gasteiger partial charge in [0.15, 0.2) is 0 Å². The Morgan fingerprint density at radius 3 is 2.66 bits per heavy atom. The number of nitrogens with zero attached hydrogens (tertiary/aromatic N) is 3. The van der Waals surface area contributed by atoms with Crippen molar-refractivity contribution in [3.05, 3.63) is 78.9 Å². The third-order valence-electron chi connectivity index (χ3n) is 6.16. The topological polar surface area (TPSA) is 41.4 Å². The molecule has 4 aromatic rings. The molecule has 0 radical (unpaired) electrons. The highest BCUT2D eigenvalue weighted by Crippen LogP contribution is 2.41. The van der Waals surface area contributed by atoms with Crippen LogP contribution in [0.5, 0.6) is 0 Å². The van der Waals surface area contributed by atoms with E-state index in [-0.39, 0.29) is 11.3 Å². The zero-order chi connectivity index (χ0) is 20.2. The second kappa shape index (κ2) is 6.31. The van der Waals surface area contributed by atoms with E-state index in [4.69, 9.17) is 0 Å². The zero-order valence-corrected chi connectivity index (χ0v) is 16.8. The van der Waals surface area contributed by atoms with E-state index in [1.807, 2.05) is 37.5 Å². The van der Waals surface area contributed by atoms with Gasteiger partial charge in [-0.05, 0) is 50.5 Å². The van der Waals surface area contributed by atoms with Gasteiger partial charge in [0, 0.05) is 28.9 Å². The summed E-state index contributed by atoms with van der Waals surface area (Å²) in [7, 11) is 0. The average Bonchev–Trinajstić information content (AvgIpc) is 3.35. The largest absolute Gasteiger partial charge is 0.507 e. The van der Waals surface area contributed by atoms with Crippen molar-refractivity contribution in [2.45, 2.75) is 32.2 Å². The number of pyridine rings is 2. The molecule has 1 saturated carbocycles. The number of fused-ring (bicyclic) bond motifs is 3. The molecule has 0 atom stereocenters. The summed E-state index contributed by atoms with van der Waals surface area (Å²) >= 11 is 0. The van der Waals surface area contributed by atoms with Crippen molar-refractivity contribution < 1.29 is 9.67 Å². The summed E-state index contributed by atoms with van der Waals surface area (Å²) in [4.78, 5) is 4.17. The first kappa shape index (κ1) is 17.7. The number of imidazole rings is 1. The summed E-state index contributed by atoms with van der Waals surface area (Å²) in [6.45, 7) is 8.23. The molecule has 0 spiro atoms. The van der Waals surface area contributed by atoms with Gasteiger partial charge in [-0.25, -0.2) is 4.57 Å². The van der Waals surface area contributed by atoms with Crippen LogP contribution in [0.3, 0.4) is 0 Å². The summed E-state index contributed by atoms with van der Waals surface area (Å²) in [6.07, 6.45) is 13.8. The van der Waals surface area contributed by atoms with Gasteiger partial charge in [0.1, 0.15) is 34.8 Å². The number of benzene rings is 1. The Labute approximate surface area is 170 Å². The Kier molecular flexibility index (Phi) is 3.85. The third-order valence-corrected chi connectivity index (χ3v) is 6.16. The Bertz CT molecular complexity index is 1290. The van der Waals surface area contributed by atoms with Crippen LogP contribution < -0.4 is 4.57 Å². The van der Waals surface area contributed by atoms with Crippen LogP contribution in [0.15, 0.2) is 67.8 Å². The monoisotopic (exact) mass is 382 g/mol. The second-order valence-corrected chi connectivity index (χ2v) is 7.96. The lowest BCUT2D eigenvalue weighted by Gasteiger charge is -2.14. The Morgan fingerprint density at radius 1 is 1.24 bits per heavy atom. The molecule has 3 aromatic heterocycles. The maximum atomic E-state index is 10.9. The zero-order valence-electron chi connectivity index (χ0n) is 16.8. The Hall–Kier alpha value is -3.40. The highest BCUT2D eigenvalue weighted by Gasteiger charge is 2.46. The van der Waals surface area contributed by atoms with Crippen LogP contribution in [-0.4, -0.2) is 14.5 Å². The van der Waals surface area contributed by atoms with E-state index in [1.54, 1.807) is 6.08 Å². The van der Waals surface area contributed by atoms with Crippen molar-refractivity contribution in [2.75, 3.05) is 0 Å². The van der Waals surface area contributed by atoms with Crippen LogP contribution in [-0.2, 0) is 5.54 Å². The van der Waals surface area contributed by atoms with Crippen LogP contribution in [0.1, 0.15) is 37.8 Å². The molecule has 1 aromatic carbocycles. The molecule has 0 bridgehead atoms. The van der Waals surface area contributed by atoms with Gasteiger partial charge in [-0.2, -0.15) is 4.40 Å². The van der Waals surface area contributed by atoms with Gasteiger partial charge in [-0.1, -0.05) is 30.9 Å². The molecule has 0 unspecified atom stereocenters. The van der Waals surface area contributed by atoms with Crippen LogP contribution >= 0.6 is 0 Å². The summed E-state index contributed by atoms with van der Waals surface area (Å²) in [5, 5.41) is 12.0. The van der Waals surface area contributed by atoms with Crippen molar-refractivity contribution in [3.63, 3.8) is 0 Å². The van der Waals surface area contributed by atoms with E-state index in [0.29, 0.717) is 0 Å². The number of aliphatic hydroxyl groups is 1. The lowest BCUT2D eigenvalue weighted by molar-refractivity contribution is -0.711. The second-order valence-electron chi connectivity index (χ2n) is 7.96. The predicted molar refractivity (Wildman–Crippen MR) is 118 cm³/mol. The van der Waals surface area contributed by atoms with Crippen molar-refractivity contribution in [3.8, 4) is 11.1 Å². The number of rotatable bonds is 4. The van der Waals surface area contributed by atoms with Crippen LogP contribution in [0.25, 0.3) is 39.5 Å². The minimum absolute atomic E-state index is 0.0925. The van der Waals surface area contributed by atoms with E-state index in [9.17, 15) is 5.11 Å². The maximum Gasteiger partial charge on any atom is 0.298 e. The van der Waals surface area contributed by atoms with Gasteiger partial charge < -0.3 is 5.11 Å². The first-order valence-electron chi connectivity index (χ1n) is 9.99. The van der Waals surface area contributed by atoms with E-state index >= 15 is 0 Å². The highest BCUT2D eigenvalue weighted by atomic mass is 16.3. The average molecular weight is 382 g/mol. The maximum absolute atomic E-state index is 10.9. The van der Waals surface area contributed by atoms with E-state index in [1.165, 1.54) is 0 Å². The predicted octanol–water partition coefficient (Wildman–Crippen LogP) is 5.51. The molecular weight excluding hydrogens is 358 g/mol. The molecule has 1 N–H and O–H groups in total. The van der Waals surface area contributed by atoms with Crippen LogP contribution in [0, 0.1) is 0 Å². The fourth-order valence-electron chi connectivity index (χ4n) is 4.32. The number of aliphatic hydroxyl groups excluding tert-OH is 1. The van der Waals surface area contributed by atoms with Crippen molar-refractivity contribution in [1.82, 2.24) is 9.38 Å². The normalized spacial score (nSPS) is 15.7. The number of hydrogen-bond donors (Lipinski definition) is 1. The Balaban J connectivity index is 2.03. The highest BCUT2D eigenvalue weighted by molar-refractivity contribution is 6.03. The standard InChI is InChI=1S/C25H23N3O/c1-4-18-20-8-6-7-19(17-9-13-26-14-10-17)23(20)27-15-16-28(25(3)11-12-25)24(27)22(18)21(29)5-2/h4-10,13-16H,1,11-12H2,2-3H3/p+1/b21-5+. The molecule has 1 aliphatic rings. The molecule has 4 heteroatoms. The molecule has 0 amide bonds. The minimum Gasteiger partial charge on any atom is -0.507 e. The summed E-state index contributed by atoms with van der Waals surface area (Å²) in [5.41, 5.74) is 6.24. The number of allylic oxidation sites excluding steroid dienone is 1. The molecule has 1 aliphatic carbocycles. The molecule has 29 heavy (non-hydrogen) atoms. The molecule has 4 nitrogen and oxygen atoms in total. The van der Waals surface area contributed by atoms with E-state index in [2.05, 4.69) is 58.0 Å². The fraction of sp³-hybridized carbons (Fsp3) is 0.200. The van der Waals surface area contributed by atoms with Gasteiger partial charge in [-0.3, -0.25) is 4.98 Å². The summed E-state index contributed by atoms with van der Waals surface area (Å²) in [6, 6.07) is 10.4. The van der Waals surface area contributed by atoms with Crippen molar-refractivity contribution in [2.24, 2.45) is 0 Å². The summed E-state index contributed by atoms with van der Waals surface area (Å²) in [5.74, 6) is 0.276. The summed E-state index contributed by atoms with van der Waals surface area (Å²) < 4.78 is 4.54. The fourth-order valence-corrected chi connectivity index (χ4v) is 4.32. The third kappa shape index (κ3) is 2.52. The first-order valence-corrected chi connectivity index (χ1v) is 9.99. The van der Waals surface area contributed by atoms with Crippen LogP contribution in [0.4, 0.5) is 0 Å². The van der Waals surface area contributed by atoms with Crippen molar-refractivity contribution >= 4 is 28.4 Å². The van der Waals surface area contributed by atoms with Crippen LogP contribution in [0.2, 0.25) is 0 Å². The molecular formula is C25H24N3O+. The first-order chi connectivity index (χ1) is 14.1. The van der Waals surface area contributed by atoms with E-state index in [0.717, 1.165) is 51.6 Å².